The first-order valence-electron chi connectivity index (χ1n) is 13.2. The van der Waals surface area contributed by atoms with Crippen LogP contribution in [0.3, 0.4) is 0 Å². The molecule has 0 radical (unpaired) electrons. The highest BCUT2D eigenvalue weighted by atomic mass is 19.4. The largest absolute Gasteiger partial charge is 0.496 e. The van der Waals surface area contributed by atoms with Gasteiger partial charge >= 0.3 is 18.4 Å². The minimum Gasteiger partial charge on any atom is -0.496 e. The van der Waals surface area contributed by atoms with Crippen LogP contribution < -0.4 is 4.74 Å². The molecule has 4 rings (SSSR count). The van der Waals surface area contributed by atoms with Gasteiger partial charge in [-0.1, -0.05) is 19.9 Å². The number of rotatable bonds is 6. The highest BCUT2D eigenvalue weighted by Gasteiger charge is 2.44. The normalized spacial score (nSPS) is 22.1. The molecule has 0 saturated carbocycles. The highest BCUT2D eigenvalue weighted by molar-refractivity contribution is 5.77. The maximum absolute atomic E-state index is 13.5. The summed E-state index contributed by atoms with van der Waals surface area (Å²) in [6.45, 7) is 7.44. The zero-order valence-corrected chi connectivity index (χ0v) is 23.4. The SMILES string of the molecule is COc1ccc(C(C)O)cc1C1=C(CN2C(=O)O[C@H](c3cc(C(F)(F)F)cc(C(F)(F)F)c3)[C@@H]2C)CC(C)(C)CC1. The Balaban J connectivity index is 1.74. The molecular weight excluding hydrogens is 552 g/mol. The van der Waals surface area contributed by atoms with Crippen molar-refractivity contribution in [3.8, 4) is 5.75 Å². The molecule has 5 nitrogen and oxygen atoms in total. The fourth-order valence-corrected chi connectivity index (χ4v) is 5.62. The number of methoxy groups -OCH3 is 1. The average Bonchev–Trinajstić information content (AvgIpc) is 3.15. The van der Waals surface area contributed by atoms with Crippen molar-refractivity contribution in [3.05, 3.63) is 69.8 Å². The maximum atomic E-state index is 13.5. The third-order valence-corrected chi connectivity index (χ3v) is 7.89. The Kier molecular flexibility index (Phi) is 8.16. The van der Waals surface area contributed by atoms with Gasteiger partial charge in [0.1, 0.15) is 11.9 Å². The lowest BCUT2D eigenvalue weighted by Gasteiger charge is -2.36. The van der Waals surface area contributed by atoms with E-state index in [2.05, 4.69) is 13.8 Å². The molecular formula is C30H33F6NO4. The Morgan fingerprint density at radius 3 is 2.22 bits per heavy atom. The number of aliphatic hydroxyl groups is 1. The van der Waals surface area contributed by atoms with Crippen molar-refractivity contribution in [2.45, 2.75) is 77.6 Å². The fourth-order valence-electron chi connectivity index (χ4n) is 5.62. The second kappa shape index (κ2) is 10.9. The maximum Gasteiger partial charge on any atom is 0.416 e. The lowest BCUT2D eigenvalue weighted by atomic mass is 9.72. The topological polar surface area (TPSA) is 59.0 Å². The van der Waals surface area contributed by atoms with Crippen LogP contribution in [0.15, 0.2) is 42.0 Å². The standard InChI is InChI=1S/C30H33F6NO4/c1-16-26(19-10-21(29(31,32)33)13-22(11-19)30(34,35)36)41-27(39)37(16)15-20-14-28(3,4)9-8-23(20)24-12-18(17(2)38)6-7-25(24)40-5/h6-7,10-13,16-17,26,38H,8-9,14-15H2,1-5H3/t16-,17?,26-/m0/s1. The molecule has 41 heavy (non-hydrogen) atoms. The summed E-state index contributed by atoms with van der Waals surface area (Å²) >= 11 is 0. The number of alkyl halides is 6. The summed E-state index contributed by atoms with van der Waals surface area (Å²) in [4.78, 5) is 14.4. The first-order valence-corrected chi connectivity index (χ1v) is 13.2. The molecule has 1 unspecified atom stereocenters. The number of amides is 1. The molecule has 1 aliphatic carbocycles. The minimum atomic E-state index is -5.02. The molecule has 1 saturated heterocycles. The van der Waals surface area contributed by atoms with Gasteiger partial charge in [0.15, 0.2) is 0 Å². The number of nitrogens with zero attached hydrogens (tertiary/aromatic N) is 1. The van der Waals surface area contributed by atoms with Gasteiger partial charge in [-0.3, -0.25) is 4.90 Å². The first kappa shape index (κ1) is 30.7. The number of carbonyl (C=O) groups is 1. The molecule has 2 aliphatic rings. The number of halogens is 6. The van der Waals surface area contributed by atoms with Crippen molar-refractivity contribution in [2.75, 3.05) is 13.7 Å². The number of hydrogen-bond donors (Lipinski definition) is 1. The van der Waals surface area contributed by atoms with Crippen LogP contribution in [-0.2, 0) is 17.1 Å². The van der Waals surface area contributed by atoms with Crippen molar-refractivity contribution in [3.63, 3.8) is 0 Å². The van der Waals surface area contributed by atoms with Gasteiger partial charge in [0.2, 0.25) is 0 Å². The summed E-state index contributed by atoms with van der Waals surface area (Å²) in [5.74, 6) is 0.583. The van der Waals surface area contributed by atoms with Crippen molar-refractivity contribution >= 4 is 11.7 Å². The van der Waals surface area contributed by atoms with E-state index in [9.17, 15) is 36.2 Å². The quantitative estimate of drug-likeness (QED) is 0.347. The van der Waals surface area contributed by atoms with Crippen LogP contribution in [0.5, 0.6) is 5.75 Å². The molecule has 0 aromatic heterocycles. The van der Waals surface area contributed by atoms with Crippen molar-refractivity contribution in [1.82, 2.24) is 4.90 Å². The third-order valence-electron chi connectivity index (χ3n) is 7.89. The number of aliphatic hydroxyl groups excluding tert-OH is 1. The average molecular weight is 586 g/mol. The number of hydrogen-bond acceptors (Lipinski definition) is 4. The van der Waals surface area contributed by atoms with Crippen LogP contribution >= 0.6 is 0 Å². The molecule has 0 bridgehead atoms. The summed E-state index contributed by atoms with van der Waals surface area (Å²) in [5, 5.41) is 10.2. The zero-order valence-electron chi connectivity index (χ0n) is 23.4. The van der Waals surface area contributed by atoms with Crippen LogP contribution in [0, 0.1) is 5.41 Å². The predicted molar refractivity (Wildman–Crippen MR) is 140 cm³/mol. The zero-order chi connectivity index (χ0) is 30.5. The van der Waals surface area contributed by atoms with Crippen molar-refractivity contribution in [1.29, 1.82) is 0 Å². The van der Waals surface area contributed by atoms with E-state index in [1.54, 1.807) is 26.0 Å². The van der Waals surface area contributed by atoms with Gasteiger partial charge in [-0.25, -0.2) is 4.79 Å². The van der Waals surface area contributed by atoms with Crippen LogP contribution in [0.25, 0.3) is 5.57 Å². The molecule has 1 fully saturated rings. The van der Waals surface area contributed by atoms with E-state index in [4.69, 9.17) is 9.47 Å². The third kappa shape index (κ3) is 6.50. The van der Waals surface area contributed by atoms with Crippen LogP contribution in [0.2, 0.25) is 0 Å². The summed E-state index contributed by atoms with van der Waals surface area (Å²) in [6.07, 6.45) is -10.9. The van der Waals surface area contributed by atoms with E-state index >= 15 is 0 Å². The number of ether oxygens (including phenoxy) is 2. The van der Waals surface area contributed by atoms with Crippen molar-refractivity contribution < 1.29 is 45.7 Å². The van der Waals surface area contributed by atoms with Gasteiger partial charge in [-0.15, -0.1) is 0 Å². The Morgan fingerprint density at radius 1 is 1.07 bits per heavy atom. The van der Waals surface area contributed by atoms with E-state index in [1.165, 1.54) is 12.0 Å². The van der Waals surface area contributed by atoms with E-state index in [0.717, 1.165) is 23.1 Å². The molecule has 11 heteroatoms. The first-order chi connectivity index (χ1) is 18.9. The number of carbonyl (C=O) groups excluding carboxylic acids is 1. The highest BCUT2D eigenvalue weighted by Crippen LogP contribution is 2.47. The summed E-state index contributed by atoms with van der Waals surface area (Å²) in [7, 11) is 1.53. The molecule has 224 valence electrons. The molecule has 2 aromatic carbocycles. The smallest absolute Gasteiger partial charge is 0.416 e. The van der Waals surface area contributed by atoms with Gasteiger partial charge in [0.05, 0.1) is 30.4 Å². The van der Waals surface area contributed by atoms with E-state index < -0.39 is 47.8 Å². The van der Waals surface area contributed by atoms with Gasteiger partial charge < -0.3 is 14.6 Å². The lowest BCUT2D eigenvalue weighted by molar-refractivity contribution is -0.143. The van der Waals surface area contributed by atoms with Crippen molar-refractivity contribution in [2.24, 2.45) is 5.41 Å². The van der Waals surface area contributed by atoms with Gasteiger partial charge in [0.25, 0.3) is 0 Å². The lowest BCUT2D eigenvalue weighted by Crippen LogP contribution is -2.35. The molecule has 1 heterocycles. The van der Waals surface area contributed by atoms with E-state index in [1.807, 2.05) is 6.07 Å². The monoisotopic (exact) mass is 585 g/mol. The Hall–Kier alpha value is -3.21. The fraction of sp³-hybridized carbons (Fsp3) is 0.500. The van der Waals surface area contributed by atoms with Gasteiger partial charge in [0, 0.05) is 12.1 Å². The van der Waals surface area contributed by atoms with E-state index in [-0.39, 0.29) is 23.6 Å². The second-order valence-corrected chi connectivity index (χ2v) is 11.6. The van der Waals surface area contributed by atoms with Gasteiger partial charge in [-0.2, -0.15) is 26.3 Å². The molecule has 1 aliphatic heterocycles. The van der Waals surface area contributed by atoms with Crippen LogP contribution in [0.4, 0.5) is 31.1 Å². The second-order valence-electron chi connectivity index (χ2n) is 11.6. The summed E-state index contributed by atoms with van der Waals surface area (Å²) in [6, 6.07) is 5.77. The molecule has 0 spiro atoms. The number of allylic oxidation sites excluding steroid dienone is 1. The molecule has 3 atom stereocenters. The summed E-state index contributed by atoms with van der Waals surface area (Å²) in [5.41, 5.74) is -0.181. The Bertz CT molecular complexity index is 1310. The minimum absolute atomic E-state index is 0.0542. The molecule has 1 N–H and O–H groups in total. The molecule has 2 aromatic rings. The van der Waals surface area contributed by atoms with E-state index in [0.29, 0.717) is 36.3 Å². The van der Waals surface area contributed by atoms with Crippen LogP contribution in [-0.4, -0.2) is 35.8 Å². The number of cyclic esters (lactones) is 1. The van der Waals surface area contributed by atoms with Crippen LogP contribution in [0.1, 0.15) is 87.0 Å². The molecule has 1 amide bonds. The Labute approximate surface area is 234 Å². The number of benzene rings is 2. The predicted octanol–water partition coefficient (Wildman–Crippen LogP) is 8.33. The summed E-state index contributed by atoms with van der Waals surface area (Å²) < 4.78 is 91.9. The van der Waals surface area contributed by atoms with Gasteiger partial charge in [-0.05, 0) is 91.1 Å². The Morgan fingerprint density at radius 2 is 1.68 bits per heavy atom.